The van der Waals surface area contributed by atoms with Crippen molar-refractivity contribution in [3.8, 4) is 0 Å². The zero-order valence-electron chi connectivity index (χ0n) is 11.1. The van der Waals surface area contributed by atoms with E-state index in [1.165, 1.54) is 29.3 Å². The molecule has 5 heteroatoms. The Morgan fingerprint density at radius 2 is 2.44 bits per heavy atom. The van der Waals surface area contributed by atoms with Crippen molar-refractivity contribution in [2.24, 2.45) is 0 Å². The molecule has 1 saturated carbocycles. The van der Waals surface area contributed by atoms with Gasteiger partial charge in [-0.3, -0.25) is 0 Å². The molecule has 18 heavy (non-hydrogen) atoms. The number of thiazole rings is 1. The number of nitrogens with zero attached hydrogens (tertiary/aromatic N) is 2. The number of hydrogen-bond acceptors (Lipinski definition) is 5. The number of anilines is 1. The standard InChI is InChI=1S/C13H21N3OS/c1-9(14-2)12-8-15-13(18-12)16-6-7-17-11-5-3-4-10(11)16/h8-11,14H,3-7H2,1-2H3. The smallest absolute Gasteiger partial charge is 0.185 e. The zero-order valence-corrected chi connectivity index (χ0v) is 11.9. The third-order valence-corrected chi connectivity index (χ3v) is 5.32. The van der Waals surface area contributed by atoms with E-state index in [1.807, 2.05) is 24.6 Å². The van der Waals surface area contributed by atoms with Crippen molar-refractivity contribution in [3.05, 3.63) is 11.1 Å². The SMILES string of the molecule is CNC(C)c1cnc(N2CCOC3CCCC32)s1. The highest BCUT2D eigenvalue weighted by Crippen LogP contribution is 2.35. The van der Waals surface area contributed by atoms with Gasteiger partial charge in [0, 0.05) is 23.7 Å². The van der Waals surface area contributed by atoms with Crippen LogP contribution in [-0.2, 0) is 4.74 Å². The molecular weight excluding hydrogens is 246 g/mol. The van der Waals surface area contributed by atoms with Gasteiger partial charge >= 0.3 is 0 Å². The number of ether oxygens (including phenoxy) is 1. The Morgan fingerprint density at radius 3 is 3.28 bits per heavy atom. The van der Waals surface area contributed by atoms with Gasteiger partial charge in [-0.1, -0.05) is 0 Å². The number of rotatable bonds is 3. The largest absolute Gasteiger partial charge is 0.374 e. The van der Waals surface area contributed by atoms with E-state index in [4.69, 9.17) is 4.74 Å². The first-order valence-electron chi connectivity index (χ1n) is 6.81. The van der Waals surface area contributed by atoms with Crippen LogP contribution in [-0.4, -0.2) is 37.3 Å². The summed E-state index contributed by atoms with van der Waals surface area (Å²) in [6.07, 6.45) is 6.21. The van der Waals surface area contributed by atoms with Crippen molar-refractivity contribution >= 4 is 16.5 Å². The number of hydrogen-bond donors (Lipinski definition) is 1. The van der Waals surface area contributed by atoms with Crippen molar-refractivity contribution in [2.45, 2.75) is 44.4 Å². The van der Waals surface area contributed by atoms with Gasteiger partial charge < -0.3 is 15.0 Å². The van der Waals surface area contributed by atoms with E-state index in [-0.39, 0.29) is 0 Å². The zero-order chi connectivity index (χ0) is 12.5. The molecule has 3 rings (SSSR count). The summed E-state index contributed by atoms with van der Waals surface area (Å²) in [7, 11) is 1.99. The van der Waals surface area contributed by atoms with Gasteiger partial charge in [-0.15, -0.1) is 11.3 Å². The molecule has 3 unspecified atom stereocenters. The molecule has 2 aliphatic rings. The molecule has 1 aliphatic heterocycles. The predicted octanol–water partition coefficient (Wildman–Crippen LogP) is 2.18. The minimum Gasteiger partial charge on any atom is -0.374 e. The summed E-state index contributed by atoms with van der Waals surface area (Å²) in [5.41, 5.74) is 0. The Labute approximate surface area is 112 Å². The van der Waals surface area contributed by atoms with Crippen molar-refractivity contribution < 1.29 is 4.74 Å². The van der Waals surface area contributed by atoms with Gasteiger partial charge in [0.25, 0.3) is 0 Å². The van der Waals surface area contributed by atoms with Crippen LogP contribution in [0.2, 0.25) is 0 Å². The molecule has 0 bridgehead atoms. The fraction of sp³-hybridized carbons (Fsp3) is 0.769. The van der Waals surface area contributed by atoms with Crippen molar-refractivity contribution in [1.82, 2.24) is 10.3 Å². The molecule has 100 valence electrons. The van der Waals surface area contributed by atoms with Crippen LogP contribution in [0.25, 0.3) is 0 Å². The van der Waals surface area contributed by atoms with Crippen molar-refractivity contribution in [3.63, 3.8) is 0 Å². The first kappa shape index (κ1) is 12.4. The molecule has 0 amide bonds. The molecule has 4 nitrogen and oxygen atoms in total. The van der Waals surface area contributed by atoms with Gasteiger partial charge in [-0.05, 0) is 33.2 Å². The first-order valence-corrected chi connectivity index (χ1v) is 7.62. The van der Waals surface area contributed by atoms with Crippen molar-refractivity contribution in [1.29, 1.82) is 0 Å². The monoisotopic (exact) mass is 267 g/mol. The van der Waals surface area contributed by atoms with E-state index in [2.05, 4.69) is 22.1 Å². The summed E-state index contributed by atoms with van der Waals surface area (Å²) in [6.45, 7) is 4.01. The molecule has 1 saturated heterocycles. The minimum absolute atomic E-state index is 0.386. The molecular formula is C13H21N3OS. The number of nitrogens with one attached hydrogen (secondary N) is 1. The Hall–Kier alpha value is -0.650. The van der Waals surface area contributed by atoms with E-state index < -0.39 is 0 Å². The Morgan fingerprint density at radius 1 is 1.56 bits per heavy atom. The maximum atomic E-state index is 5.85. The summed E-state index contributed by atoms with van der Waals surface area (Å²) in [4.78, 5) is 8.40. The molecule has 0 spiro atoms. The molecule has 0 aromatic carbocycles. The van der Waals surface area contributed by atoms with Crippen LogP contribution in [0.3, 0.4) is 0 Å². The average Bonchev–Trinajstić information content (AvgIpc) is 3.05. The Kier molecular flexibility index (Phi) is 3.54. The quantitative estimate of drug-likeness (QED) is 0.911. The average molecular weight is 267 g/mol. The Bertz CT molecular complexity index is 409. The van der Waals surface area contributed by atoms with E-state index in [1.54, 1.807) is 0 Å². The van der Waals surface area contributed by atoms with Crippen molar-refractivity contribution in [2.75, 3.05) is 25.1 Å². The van der Waals surface area contributed by atoms with Gasteiger partial charge in [-0.2, -0.15) is 0 Å². The highest BCUT2D eigenvalue weighted by atomic mass is 32.1. The van der Waals surface area contributed by atoms with Crippen LogP contribution in [0, 0.1) is 0 Å². The Balaban J connectivity index is 1.79. The summed E-state index contributed by atoms with van der Waals surface area (Å²) in [6, 6.07) is 0.944. The van der Waals surface area contributed by atoms with Crippen LogP contribution in [0.4, 0.5) is 5.13 Å². The van der Waals surface area contributed by atoms with E-state index in [9.17, 15) is 0 Å². The predicted molar refractivity (Wildman–Crippen MR) is 74.3 cm³/mol. The van der Waals surface area contributed by atoms with Crippen LogP contribution in [0.5, 0.6) is 0 Å². The second kappa shape index (κ2) is 5.15. The van der Waals surface area contributed by atoms with Crippen LogP contribution in [0.1, 0.15) is 37.1 Å². The molecule has 2 fully saturated rings. The van der Waals surface area contributed by atoms with Crippen LogP contribution in [0.15, 0.2) is 6.20 Å². The molecule has 1 aromatic heterocycles. The van der Waals surface area contributed by atoms with Crippen LogP contribution >= 0.6 is 11.3 Å². The summed E-state index contributed by atoms with van der Waals surface area (Å²) in [5.74, 6) is 0. The molecule has 1 aromatic rings. The highest BCUT2D eigenvalue weighted by molar-refractivity contribution is 7.15. The molecule has 2 heterocycles. The van der Waals surface area contributed by atoms with Crippen LogP contribution < -0.4 is 10.2 Å². The van der Waals surface area contributed by atoms with Gasteiger partial charge in [0.05, 0.1) is 18.8 Å². The fourth-order valence-electron chi connectivity index (χ4n) is 2.92. The third-order valence-electron chi connectivity index (χ3n) is 4.10. The lowest BCUT2D eigenvalue weighted by Crippen LogP contribution is -2.48. The number of fused-ring (bicyclic) bond motifs is 1. The second-order valence-electron chi connectivity index (χ2n) is 5.16. The maximum absolute atomic E-state index is 5.85. The van der Waals surface area contributed by atoms with E-state index in [0.29, 0.717) is 18.2 Å². The third kappa shape index (κ3) is 2.15. The lowest BCUT2D eigenvalue weighted by Gasteiger charge is -2.37. The minimum atomic E-state index is 0.386. The maximum Gasteiger partial charge on any atom is 0.185 e. The van der Waals surface area contributed by atoms with Gasteiger partial charge in [0.15, 0.2) is 5.13 Å². The molecule has 0 radical (unpaired) electrons. The summed E-state index contributed by atoms with van der Waals surface area (Å²) in [5, 5.41) is 4.44. The lowest BCUT2D eigenvalue weighted by molar-refractivity contribution is 0.0256. The topological polar surface area (TPSA) is 37.4 Å². The number of aromatic nitrogens is 1. The normalized spacial score (nSPS) is 29.3. The molecule has 3 atom stereocenters. The number of morpholine rings is 1. The van der Waals surface area contributed by atoms with E-state index in [0.717, 1.165) is 13.2 Å². The molecule has 1 N–H and O–H groups in total. The highest BCUT2D eigenvalue weighted by Gasteiger charge is 2.37. The first-order chi connectivity index (χ1) is 8.79. The summed E-state index contributed by atoms with van der Waals surface area (Å²) >= 11 is 1.82. The van der Waals surface area contributed by atoms with E-state index >= 15 is 0 Å². The fourth-order valence-corrected chi connectivity index (χ4v) is 3.98. The lowest BCUT2D eigenvalue weighted by atomic mass is 10.1. The van der Waals surface area contributed by atoms with Gasteiger partial charge in [-0.25, -0.2) is 4.98 Å². The van der Waals surface area contributed by atoms with Gasteiger partial charge in [0.2, 0.25) is 0 Å². The summed E-state index contributed by atoms with van der Waals surface area (Å²) < 4.78 is 5.85. The van der Waals surface area contributed by atoms with Gasteiger partial charge in [0.1, 0.15) is 0 Å². The second-order valence-corrected chi connectivity index (χ2v) is 6.20. The molecule has 1 aliphatic carbocycles.